The van der Waals surface area contributed by atoms with Crippen LogP contribution in [0.4, 0.5) is 0 Å². The number of methoxy groups -OCH3 is 2. The maximum absolute atomic E-state index is 5.41. The van der Waals surface area contributed by atoms with Crippen LogP contribution >= 0.6 is 0 Å². The number of hydrogen-bond donors (Lipinski definition) is 0. The maximum Gasteiger partial charge on any atom is 0.127 e. The fourth-order valence-electron chi connectivity index (χ4n) is 1.64. The van der Waals surface area contributed by atoms with E-state index in [1.807, 2.05) is 12.1 Å². The number of benzene rings is 1. The molecule has 3 heteroatoms. The fourth-order valence-corrected chi connectivity index (χ4v) is 1.64. The van der Waals surface area contributed by atoms with E-state index in [4.69, 9.17) is 9.47 Å². The number of ether oxygens (including phenoxy) is 2. The highest BCUT2D eigenvalue weighted by atomic mass is 16.5. The lowest BCUT2D eigenvalue weighted by molar-refractivity contribution is 0.330. The molecular weight excluding hydrogens is 202 g/mol. The van der Waals surface area contributed by atoms with Crippen molar-refractivity contribution in [2.24, 2.45) is 0 Å². The normalized spacial score (nSPS) is 10.6. The Morgan fingerprint density at radius 3 is 2.38 bits per heavy atom. The molecule has 0 saturated heterocycles. The molecule has 0 fully saturated rings. The topological polar surface area (TPSA) is 21.7 Å². The van der Waals surface area contributed by atoms with Gasteiger partial charge in [-0.3, -0.25) is 0 Å². The van der Waals surface area contributed by atoms with E-state index in [0.29, 0.717) is 0 Å². The summed E-state index contributed by atoms with van der Waals surface area (Å²) < 4.78 is 10.6. The molecule has 16 heavy (non-hydrogen) atoms. The van der Waals surface area contributed by atoms with Crippen LogP contribution in [0.1, 0.15) is 18.1 Å². The third-order valence-electron chi connectivity index (χ3n) is 2.83. The molecule has 1 aromatic carbocycles. The van der Waals surface area contributed by atoms with Gasteiger partial charge in [0, 0.05) is 18.2 Å². The molecule has 0 unspecified atom stereocenters. The van der Waals surface area contributed by atoms with E-state index < -0.39 is 0 Å². The Bertz CT molecular complexity index is 350. The number of nitrogens with zero attached hydrogens (tertiary/aromatic N) is 1. The molecule has 0 saturated carbocycles. The van der Waals surface area contributed by atoms with Crippen molar-refractivity contribution in [3.8, 4) is 11.5 Å². The Morgan fingerprint density at radius 1 is 1.19 bits per heavy atom. The average molecular weight is 223 g/mol. The predicted molar refractivity (Wildman–Crippen MR) is 66.3 cm³/mol. The molecule has 1 aromatic rings. The van der Waals surface area contributed by atoms with Crippen LogP contribution in [0.15, 0.2) is 12.1 Å². The van der Waals surface area contributed by atoms with Gasteiger partial charge < -0.3 is 14.4 Å². The Labute approximate surface area is 98.0 Å². The van der Waals surface area contributed by atoms with Crippen LogP contribution in [0, 0.1) is 6.92 Å². The molecule has 0 heterocycles. The molecule has 3 nitrogen and oxygen atoms in total. The van der Waals surface area contributed by atoms with Crippen molar-refractivity contribution < 1.29 is 9.47 Å². The van der Waals surface area contributed by atoms with E-state index in [1.165, 1.54) is 11.1 Å². The highest BCUT2D eigenvalue weighted by Crippen LogP contribution is 2.29. The van der Waals surface area contributed by atoms with Crippen molar-refractivity contribution in [1.29, 1.82) is 0 Å². The summed E-state index contributed by atoms with van der Waals surface area (Å²) in [5.74, 6) is 1.74. The van der Waals surface area contributed by atoms with Crippen LogP contribution in [0.5, 0.6) is 11.5 Å². The summed E-state index contributed by atoms with van der Waals surface area (Å²) >= 11 is 0. The summed E-state index contributed by atoms with van der Waals surface area (Å²) in [6, 6.07) is 3.98. The third kappa shape index (κ3) is 2.89. The van der Waals surface area contributed by atoms with E-state index in [0.717, 1.165) is 24.6 Å². The van der Waals surface area contributed by atoms with E-state index in [1.54, 1.807) is 14.2 Å². The van der Waals surface area contributed by atoms with Crippen molar-refractivity contribution >= 4 is 0 Å². The SMILES string of the molecule is CCN(C)Cc1c(C)cc(OC)cc1OC. The number of rotatable bonds is 5. The highest BCUT2D eigenvalue weighted by molar-refractivity contribution is 5.46. The summed E-state index contributed by atoms with van der Waals surface area (Å²) in [7, 11) is 5.47. The summed E-state index contributed by atoms with van der Waals surface area (Å²) in [5.41, 5.74) is 2.43. The van der Waals surface area contributed by atoms with E-state index in [9.17, 15) is 0 Å². The summed E-state index contributed by atoms with van der Waals surface area (Å²) in [6.07, 6.45) is 0. The molecule has 0 aromatic heterocycles. The first-order chi connectivity index (χ1) is 7.62. The Morgan fingerprint density at radius 2 is 1.88 bits per heavy atom. The van der Waals surface area contributed by atoms with Crippen LogP contribution < -0.4 is 9.47 Å². The fraction of sp³-hybridized carbons (Fsp3) is 0.538. The lowest BCUT2D eigenvalue weighted by Crippen LogP contribution is -2.18. The molecule has 90 valence electrons. The monoisotopic (exact) mass is 223 g/mol. The molecule has 0 atom stereocenters. The van der Waals surface area contributed by atoms with Crippen molar-refractivity contribution in [1.82, 2.24) is 4.90 Å². The molecule has 0 radical (unpaired) electrons. The maximum atomic E-state index is 5.41. The van der Waals surface area contributed by atoms with E-state index >= 15 is 0 Å². The molecule has 1 rings (SSSR count). The lowest BCUT2D eigenvalue weighted by Gasteiger charge is -2.19. The van der Waals surface area contributed by atoms with Crippen LogP contribution in [-0.4, -0.2) is 32.7 Å². The summed E-state index contributed by atoms with van der Waals surface area (Å²) in [6.45, 7) is 6.15. The second-order valence-corrected chi connectivity index (χ2v) is 3.96. The number of aryl methyl sites for hydroxylation is 1. The van der Waals surface area contributed by atoms with Crippen molar-refractivity contribution in [2.75, 3.05) is 27.8 Å². The van der Waals surface area contributed by atoms with Gasteiger partial charge in [0.15, 0.2) is 0 Å². The van der Waals surface area contributed by atoms with Crippen molar-refractivity contribution in [3.63, 3.8) is 0 Å². The molecule has 0 N–H and O–H groups in total. The first kappa shape index (κ1) is 12.8. The summed E-state index contributed by atoms with van der Waals surface area (Å²) in [5, 5.41) is 0. The zero-order valence-electron chi connectivity index (χ0n) is 10.8. The Balaban J connectivity index is 3.06. The first-order valence-corrected chi connectivity index (χ1v) is 5.52. The number of hydrogen-bond acceptors (Lipinski definition) is 3. The van der Waals surface area contributed by atoms with Crippen LogP contribution in [0.2, 0.25) is 0 Å². The Kier molecular flexibility index (Phi) is 4.62. The van der Waals surface area contributed by atoms with Crippen LogP contribution in [0.25, 0.3) is 0 Å². The molecule has 0 amide bonds. The minimum absolute atomic E-state index is 0.845. The van der Waals surface area contributed by atoms with Gasteiger partial charge in [-0.25, -0.2) is 0 Å². The van der Waals surface area contributed by atoms with Gasteiger partial charge in [-0.05, 0) is 32.1 Å². The van der Waals surface area contributed by atoms with Crippen LogP contribution in [-0.2, 0) is 6.54 Å². The van der Waals surface area contributed by atoms with Crippen LogP contribution in [0.3, 0.4) is 0 Å². The molecule has 0 spiro atoms. The van der Waals surface area contributed by atoms with Gasteiger partial charge >= 0.3 is 0 Å². The molecule has 0 aliphatic carbocycles. The summed E-state index contributed by atoms with van der Waals surface area (Å²) in [4.78, 5) is 2.25. The minimum Gasteiger partial charge on any atom is -0.497 e. The largest absolute Gasteiger partial charge is 0.497 e. The Hall–Kier alpha value is -1.22. The van der Waals surface area contributed by atoms with Gasteiger partial charge in [0.1, 0.15) is 11.5 Å². The quantitative estimate of drug-likeness (QED) is 0.765. The second-order valence-electron chi connectivity index (χ2n) is 3.96. The first-order valence-electron chi connectivity index (χ1n) is 5.52. The second kappa shape index (κ2) is 5.75. The highest BCUT2D eigenvalue weighted by Gasteiger charge is 2.10. The van der Waals surface area contributed by atoms with Gasteiger partial charge in [-0.1, -0.05) is 6.92 Å². The standard InChI is InChI=1S/C13H21NO2/c1-6-14(3)9-12-10(2)7-11(15-4)8-13(12)16-5/h7-8H,6,9H2,1-5H3. The van der Waals surface area contributed by atoms with Gasteiger partial charge in [-0.2, -0.15) is 0 Å². The minimum atomic E-state index is 0.845. The van der Waals surface area contributed by atoms with Gasteiger partial charge in [-0.15, -0.1) is 0 Å². The van der Waals surface area contributed by atoms with E-state index in [2.05, 4.69) is 25.8 Å². The molecular formula is C13H21NO2. The zero-order chi connectivity index (χ0) is 12.1. The van der Waals surface area contributed by atoms with Gasteiger partial charge in [0.25, 0.3) is 0 Å². The molecule has 0 bridgehead atoms. The van der Waals surface area contributed by atoms with Crippen molar-refractivity contribution in [2.45, 2.75) is 20.4 Å². The smallest absolute Gasteiger partial charge is 0.127 e. The van der Waals surface area contributed by atoms with Gasteiger partial charge in [0.2, 0.25) is 0 Å². The van der Waals surface area contributed by atoms with Gasteiger partial charge in [0.05, 0.1) is 14.2 Å². The van der Waals surface area contributed by atoms with Crippen molar-refractivity contribution in [3.05, 3.63) is 23.3 Å². The molecule has 0 aliphatic rings. The third-order valence-corrected chi connectivity index (χ3v) is 2.83. The van der Waals surface area contributed by atoms with E-state index in [-0.39, 0.29) is 0 Å². The predicted octanol–water partition coefficient (Wildman–Crippen LogP) is 2.46. The average Bonchev–Trinajstić information content (AvgIpc) is 2.30. The lowest BCUT2D eigenvalue weighted by atomic mass is 10.1. The zero-order valence-corrected chi connectivity index (χ0v) is 10.8. The molecule has 0 aliphatic heterocycles.